The van der Waals surface area contributed by atoms with E-state index < -0.39 is 0 Å². The Hall–Kier alpha value is -0.820. The molecule has 0 amide bonds. The van der Waals surface area contributed by atoms with Crippen LogP contribution in [0.15, 0.2) is 18.2 Å². The Morgan fingerprint density at radius 1 is 1.07 bits per heavy atom. The molecule has 0 spiro atoms. The quantitative estimate of drug-likeness (QED) is 0.675. The van der Waals surface area contributed by atoms with Crippen molar-refractivity contribution in [1.82, 2.24) is 4.90 Å². The molecule has 1 nitrogen and oxygen atoms in total. The maximum Gasteiger partial charge on any atom is 0.00966 e. The second kappa shape index (κ2) is 3.64. The first-order valence-corrected chi connectivity index (χ1v) is 6.15. The number of aryl methyl sites for hydroxylation is 1. The van der Waals surface area contributed by atoms with Gasteiger partial charge in [-0.3, -0.25) is 4.90 Å². The monoisotopic (exact) mass is 201 g/mol. The minimum Gasteiger partial charge on any atom is -0.300 e. The summed E-state index contributed by atoms with van der Waals surface area (Å²) in [6.45, 7) is 4.76. The summed E-state index contributed by atoms with van der Waals surface area (Å²) in [6, 6.07) is 7.90. The molecule has 15 heavy (non-hydrogen) atoms. The number of rotatable bonds is 1. The zero-order valence-electron chi connectivity index (χ0n) is 9.50. The summed E-state index contributed by atoms with van der Waals surface area (Å²) in [4.78, 5) is 2.69. The van der Waals surface area contributed by atoms with E-state index in [0.717, 1.165) is 6.04 Å². The summed E-state index contributed by atoms with van der Waals surface area (Å²) < 4.78 is 0. The molecule has 0 N–H and O–H groups in total. The second-order valence-corrected chi connectivity index (χ2v) is 5.04. The van der Waals surface area contributed by atoms with E-state index >= 15 is 0 Å². The van der Waals surface area contributed by atoms with Gasteiger partial charge in [0.05, 0.1) is 0 Å². The molecule has 0 saturated heterocycles. The fourth-order valence-electron chi connectivity index (χ4n) is 2.68. The molecule has 3 rings (SSSR count). The molecular weight excluding hydrogens is 182 g/mol. The summed E-state index contributed by atoms with van der Waals surface area (Å²) >= 11 is 0. The Balaban J connectivity index is 1.81. The van der Waals surface area contributed by atoms with Crippen molar-refractivity contribution >= 4 is 0 Å². The normalized spacial score (nSPS) is 22.2. The fraction of sp³-hybridized carbons (Fsp3) is 0.571. The lowest BCUT2D eigenvalue weighted by Gasteiger charge is -2.18. The Morgan fingerprint density at radius 3 is 2.53 bits per heavy atom. The van der Waals surface area contributed by atoms with Gasteiger partial charge in [0.25, 0.3) is 0 Å². The predicted octanol–water partition coefficient (Wildman–Crippen LogP) is 2.56. The van der Waals surface area contributed by atoms with Crippen molar-refractivity contribution in [2.75, 3.05) is 13.1 Å². The summed E-state index contributed by atoms with van der Waals surface area (Å²) in [5.74, 6) is 0. The second-order valence-electron chi connectivity index (χ2n) is 5.04. The van der Waals surface area contributed by atoms with Crippen molar-refractivity contribution in [3.63, 3.8) is 0 Å². The van der Waals surface area contributed by atoms with E-state index in [-0.39, 0.29) is 0 Å². The highest BCUT2D eigenvalue weighted by molar-refractivity contribution is 5.33. The zero-order valence-corrected chi connectivity index (χ0v) is 9.50. The highest BCUT2D eigenvalue weighted by atomic mass is 15.2. The molecule has 1 aliphatic heterocycles. The Bertz CT molecular complexity index is 366. The molecule has 1 aromatic carbocycles. The van der Waals surface area contributed by atoms with Gasteiger partial charge >= 0.3 is 0 Å². The standard InChI is InChI=1S/C14H19N/c1-11-2-3-12-6-8-15(14-4-5-14)9-7-13(12)10-11/h2-3,10,14H,4-9H2,1H3. The first-order chi connectivity index (χ1) is 7.33. The van der Waals surface area contributed by atoms with Crippen molar-refractivity contribution in [3.05, 3.63) is 34.9 Å². The molecule has 1 aromatic rings. The van der Waals surface area contributed by atoms with Crippen molar-refractivity contribution < 1.29 is 0 Å². The minimum absolute atomic E-state index is 0.931. The van der Waals surface area contributed by atoms with Crippen LogP contribution in [-0.4, -0.2) is 24.0 Å². The van der Waals surface area contributed by atoms with Crippen molar-refractivity contribution in [2.24, 2.45) is 0 Å². The average molecular weight is 201 g/mol. The van der Waals surface area contributed by atoms with Crippen LogP contribution in [0.3, 0.4) is 0 Å². The van der Waals surface area contributed by atoms with Gasteiger partial charge in [0.15, 0.2) is 0 Å². The summed E-state index contributed by atoms with van der Waals surface area (Å²) in [5, 5.41) is 0. The number of benzene rings is 1. The summed E-state index contributed by atoms with van der Waals surface area (Å²) in [6.07, 6.45) is 5.39. The largest absolute Gasteiger partial charge is 0.300 e. The molecule has 0 bridgehead atoms. The van der Waals surface area contributed by atoms with Gasteiger partial charge in [-0.1, -0.05) is 23.8 Å². The molecule has 0 atom stereocenters. The lowest BCUT2D eigenvalue weighted by molar-refractivity contribution is 0.277. The average Bonchev–Trinajstić information content (AvgIpc) is 3.01. The first-order valence-electron chi connectivity index (χ1n) is 6.15. The summed E-state index contributed by atoms with van der Waals surface area (Å²) in [7, 11) is 0. The van der Waals surface area contributed by atoms with Crippen LogP contribution in [0, 0.1) is 6.92 Å². The van der Waals surface area contributed by atoms with Crippen LogP contribution >= 0.6 is 0 Å². The zero-order chi connectivity index (χ0) is 10.3. The van der Waals surface area contributed by atoms with Gasteiger partial charge in [-0.15, -0.1) is 0 Å². The molecule has 0 unspecified atom stereocenters. The third-order valence-electron chi connectivity index (χ3n) is 3.76. The molecule has 80 valence electrons. The lowest BCUT2D eigenvalue weighted by Crippen LogP contribution is -2.28. The maximum atomic E-state index is 2.69. The van der Waals surface area contributed by atoms with E-state index in [4.69, 9.17) is 0 Å². The van der Waals surface area contributed by atoms with E-state index in [2.05, 4.69) is 30.0 Å². The molecular formula is C14H19N. The first kappa shape index (κ1) is 9.41. The third kappa shape index (κ3) is 1.93. The molecule has 0 radical (unpaired) electrons. The number of fused-ring (bicyclic) bond motifs is 1. The van der Waals surface area contributed by atoms with Gasteiger partial charge < -0.3 is 0 Å². The number of hydrogen-bond acceptors (Lipinski definition) is 1. The SMILES string of the molecule is Cc1ccc2c(c1)CCN(C1CC1)CC2. The highest BCUT2D eigenvalue weighted by Crippen LogP contribution is 2.29. The van der Waals surface area contributed by atoms with Gasteiger partial charge in [-0.25, -0.2) is 0 Å². The van der Waals surface area contributed by atoms with E-state index in [9.17, 15) is 0 Å². The van der Waals surface area contributed by atoms with Gasteiger partial charge in [0.1, 0.15) is 0 Å². The Morgan fingerprint density at radius 2 is 1.80 bits per heavy atom. The molecule has 2 aliphatic rings. The molecule has 1 aliphatic carbocycles. The van der Waals surface area contributed by atoms with E-state index in [1.165, 1.54) is 44.3 Å². The van der Waals surface area contributed by atoms with E-state index in [1.807, 2.05) is 0 Å². The van der Waals surface area contributed by atoms with Crippen molar-refractivity contribution in [1.29, 1.82) is 0 Å². The van der Waals surface area contributed by atoms with Crippen LogP contribution in [0.2, 0.25) is 0 Å². The van der Waals surface area contributed by atoms with Gasteiger partial charge in [0, 0.05) is 19.1 Å². The van der Waals surface area contributed by atoms with Crippen LogP contribution in [-0.2, 0) is 12.8 Å². The highest BCUT2D eigenvalue weighted by Gasteiger charge is 2.29. The van der Waals surface area contributed by atoms with Gasteiger partial charge in [-0.2, -0.15) is 0 Å². The minimum atomic E-state index is 0.931. The molecule has 1 heterocycles. The van der Waals surface area contributed by atoms with Gasteiger partial charge in [0.2, 0.25) is 0 Å². The Kier molecular flexibility index (Phi) is 2.28. The topological polar surface area (TPSA) is 3.24 Å². The number of nitrogens with zero attached hydrogens (tertiary/aromatic N) is 1. The summed E-state index contributed by atoms with van der Waals surface area (Å²) in [5.41, 5.74) is 4.59. The van der Waals surface area contributed by atoms with Gasteiger partial charge in [-0.05, 0) is 43.7 Å². The molecule has 1 heteroatoms. The molecule has 1 fully saturated rings. The van der Waals surface area contributed by atoms with E-state index in [1.54, 1.807) is 11.1 Å². The Labute approximate surface area is 92.1 Å². The number of hydrogen-bond donors (Lipinski definition) is 0. The van der Waals surface area contributed by atoms with Crippen LogP contribution in [0.1, 0.15) is 29.5 Å². The van der Waals surface area contributed by atoms with Crippen LogP contribution in [0.25, 0.3) is 0 Å². The smallest absolute Gasteiger partial charge is 0.00966 e. The van der Waals surface area contributed by atoms with E-state index in [0.29, 0.717) is 0 Å². The maximum absolute atomic E-state index is 2.69. The van der Waals surface area contributed by atoms with Crippen LogP contribution in [0.4, 0.5) is 0 Å². The lowest BCUT2D eigenvalue weighted by atomic mass is 10.0. The van der Waals surface area contributed by atoms with Crippen molar-refractivity contribution in [3.8, 4) is 0 Å². The molecule has 1 saturated carbocycles. The predicted molar refractivity (Wildman–Crippen MR) is 63.2 cm³/mol. The van der Waals surface area contributed by atoms with Crippen LogP contribution < -0.4 is 0 Å². The van der Waals surface area contributed by atoms with Crippen molar-refractivity contribution in [2.45, 2.75) is 38.6 Å². The third-order valence-corrected chi connectivity index (χ3v) is 3.76. The van der Waals surface area contributed by atoms with Crippen LogP contribution in [0.5, 0.6) is 0 Å². The fourth-order valence-corrected chi connectivity index (χ4v) is 2.68. The molecule has 0 aromatic heterocycles.